The van der Waals surface area contributed by atoms with Gasteiger partial charge in [0.2, 0.25) is 0 Å². The van der Waals surface area contributed by atoms with Crippen LogP contribution < -0.4 is 10.6 Å². The van der Waals surface area contributed by atoms with Gasteiger partial charge < -0.3 is 20.1 Å². The van der Waals surface area contributed by atoms with E-state index in [0.29, 0.717) is 0 Å². The predicted octanol–water partition coefficient (Wildman–Crippen LogP) is 1.54. The van der Waals surface area contributed by atoms with Crippen molar-refractivity contribution in [2.24, 2.45) is 0 Å². The monoisotopic (exact) mass is 299 g/mol. The van der Waals surface area contributed by atoms with Gasteiger partial charge in [0.25, 0.3) is 0 Å². The van der Waals surface area contributed by atoms with Crippen LogP contribution >= 0.6 is 11.3 Å². The van der Waals surface area contributed by atoms with Crippen LogP contribution in [0.4, 0.5) is 4.79 Å². The molecular weight excluding hydrogens is 278 g/mol. The Morgan fingerprint density at radius 1 is 1.60 bits per heavy atom. The van der Waals surface area contributed by atoms with Gasteiger partial charge in [-0.15, -0.1) is 11.3 Å². The van der Waals surface area contributed by atoms with E-state index < -0.39 is 0 Å². The van der Waals surface area contributed by atoms with E-state index >= 15 is 0 Å². The summed E-state index contributed by atoms with van der Waals surface area (Å²) < 4.78 is 10.7. The lowest BCUT2D eigenvalue weighted by atomic mass is 10.2. The summed E-state index contributed by atoms with van der Waals surface area (Å²) in [6, 6.07) is 0.163. The number of thiazole rings is 1. The number of hydrogen-bond acceptors (Lipinski definition) is 6. The van der Waals surface area contributed by atoms with Crippen molar-refractivity contribution in [3.8, 4) is 0 Å². The molecule has 1 aliphatic rings. The van der Waals surface area contributed by atoms with Gasteiger partial charge in [-0.2, -0.15) is 0 Å². The fourth-order valence-corrected chi connectivity index (χ4v) is 3.22. The van der Waals surface area contributed by atoms with Crippen LogP contribution in [0.2, 0.25) is 0 Å². The molecular formula is C13H21N3O3S. The van der Waals surface area contributed by atoms with Crippen LogP contribution in [0.25, 0.3) is 0 Å². The number of nitrogens with one attached hydrogen (secondary N) is 2. The molecule has 0 spiro atoms. The topological polar surface area (TPSA) is 72.5 Å². The fourth-order valence-electron chi connectivity index (χ4n) is 2.23. The van der Waals surface area contributed by atoms with E-state index in [2.05, 4.69) is 15.6 Å². The Labute approximate surface area is 122 Å². The molecule has 2 heterocycles. The van der Waals surface area contributed by atoms with Gasteiger partial charge >= 0.3 is 6.09 Å². The second-order valence-corrected chi connectivity index (χ2v) is 6.07. The average Bonchev–Trinajstić information content (AvgIpc) is 3.01. The summed E-state index contributed by atoms with van der Waals surface area (Å²) in [5.41, 5.74) is 0.934. The maximum Gasteiger partial charge on any atom is 0.407 e. The highest BCUT2D eigenvalue weighted by Gasteiger charge is 2.21. The lowest BCUT2D eigenvalue weighted by Gasteiger charge is -2.16. The van der Waals surface area contributed by atoms with Gasteiger partial charge in [0.05, 0.1) is 15.6 Å². The van der Waals surface area contributed by atoms with Crippen molar-refractivity contribution in [3.63, 3.8) is 0 Å². The number of amides is 1. The molecule has 1 saturated heterocycles. The highest BCUT2D eigenvalue weighted by atomic mass is 32.1. The number of carbonyl (C=O) groups excluding carboxylic acids is 1. The summed E-state index contributed by atoms with van der Waals surface area (Å²) in [7, 11) is 1.61. The number of hydrogen-bond donors (Lipinski definition) is 2. The Kier molecular flexibility index (Phi) is 5.33. The number of rotatable bonds is 5. The highest BCUT2D eigenvalue weighted by Crippen LogP contribution is 2.27. The molecule has 0 radical (unpaired) electrons. The van der Waals surface area contributed by atoms with Crippen molar-refractivity contribution in [1.82, 2.24) is 15.6 Å². The molecule has 2 unspecified atom stereocenters. The third-order valence-corrected chi connectivity index (χ3v) is 4.43. The van der Waals surface area contributed by atoms with E-state index in [1.165, 1.54) is 0 Å². The standard InChI is InChI=1S/C13H21N3O3S/c1-8-12(20-9(2)15-8)11(18-3)7-19-13(17)16-10-4-5-14-6-10/h10-11,14H,4-7H2,1-3H3,(H,16,17). The van der Waals surface area contributed by atoms with Crippen molar-refractivity contribution < 1.29 is 14.3 Å². The maximum absolute atomic E-state index is 11.7. The van der Waals surface area contributed by atoms with Crippen LogP contribution in [-0.2, 0) is 9.47 Å². The molecule has 7 heteroatoms. The van der Waals surface area contributed by atoms with Gasteiger partial charge in [-0.1, -0.05) is 0 Å². The van der Waals surface area contributed by atoms with Crippen LogP contribution in [0, 0.1) is 13.8 Å². The van der Waals surface area contributed by atoms with E-state index in [0.717, 1.165) is 35.1 Å². The van der Waals surface area contributed by atoms with Gasteiger partial charge in [-0.05, 0) is 26.8 Å². The van der Waals surface area contributed by atoms with Gasteiger partial charge in [0.1, 0.15) is 12.7 Å². The lowest BCUT2D eigenvalue weighted by molar-refractivity contribution is 0.0352. The average molecular weight is 299 g/mol. The van der Waals surface area contributed by atoms with Gasteiger partial charge in [0, 0.05) is 19.7 Å². The molecule has 1 aromatic rings. The number of aromatic nitrogens is 1. The number of methoxy groups -OCH3 is 1. The zero-order valence-corrected chi connectivity index (χ0v) is 12.9. The Hall–Kier alpha value is -1.18. The maximum atomic E-state index is 11.7. The Morgan fingerprint density at radius 3 is 2.95 bits per heavy atom. The first-order chi connectivity index (χ1) is 9.60. The minimum absolute atomic E-state index is 0.163. The summed E-state index contributed by atoms with van der Waals surface area (Å²) in [6.45, 7) is 5.83. The molecule has 1 aliphatic heterocycles. The Bertz CT molecular complexity index is 458. The van der Waals surface area contributed by atoms with Crippen LogP contribution in [0.1, 0.15) is 28.1 Å². The quantitative estimate of drug-likeness (QED) is 0.863. The first kappa shape index (κ1) is 15.2. The number of ether oxygens (including phenoxy) is 2. The van der Waals surface area contributed by atoms with Crippen molar-refractivity contribution in [2.75, 3.05) is 26.8 Å². The highest BCUT2D eigenvalue weighted by molar-refractivity contribution is 7.11. The largest absolute Gasteiger partial charge is 0.446 e. The number of carbonyl (C=O) groups is 1. The summed E-state index contributed by atoms with van der Waals surface area (Å²) in [5, 5.41) is 7.01. The smallest absolute Gasteiger partial charge is 0.407 e. The van der Waals surface area contributed by atoms with Crippen LogP contribution in [0.3, 0.4) is 0 Å². The molecule has 2 N–H and O–H groups in total. The predicted molar refractivity (Wildman–Crippen MR) is 77.1 cm³/mol. The third-order valence-electron chi connectivity index (χ3n) is 3.26. The Morgan fingerprint density at radius 2 is 2.40 bits per heavy atom. The molecule has 0 saturated carbocycles. The van der Waals surface area contributed by atoms with Crippen molar-refractivity contribution >= 4 is 17.4 Å². The van der Waals surface area contributed by atoms with Crippen molar-refractivity contribution in [2.45, 2.75) is 32.4 Å². The minimum Gasteiger partial charge on any atom is -0.446 e. The van der Waals surface area contributed by atoms with Gasteiger partial charge in [-0.3, -0.25) is 0 Å². The second-order valence-electron chi connectivity index (χ2n) is 4.84. The number of nitrogens with zero attached hydrogens (tertiary/aromatic N) is 1. The van der Waals surface area contributed by atoms with Crippen LogP contribution in [-0.4, -0.2) is 43.9 Å². The molecule has 0 aliphatic carbocycles. The van der Waals surface area contributed by atoms with Crippen molar-refractivity contribution in [1.29, 1.82) is 0 Å². The Balaban J connectivity index is 1.84. The first-order valence-corrected chi connectivity index (χ1v) is 7.52. The third kappa shape index (κ3) is 3.91. The molecule has 1 aromatic heterocycles. The second kappa shape index (κ2) is 7.01. The minimum atomic E-state index is -0.389. The molecule has 112 valence electrons. The van der Waals surface area contributed by atoms with Crippen LogP contribution in [0.15, 0.2) is 0 Å². The van der Waals surface area contributed by atoms with E-state index in [1.807, 2.05) is 13.8 Å². The number of alkyl carbamates (subject to hydrolysis) is 1. The summed E-state index contributed by atoms with van der Waals surface area (Å²) in [5.74, 6) is 0. The van der Waals surface area contributed by atoms with Crippen LogP contribution in [0.5, 0.6) is 0 Å². The number of aryl methyl sites for hydroxylation is 2. The van der Waals surface area contributed by atoms with E-state index in [1.54, 1.807) is 18.4 Å². The molecule has 2 atom stereocenters. The van der Waals surface area contributed by atoms with E-state index in [9.17, 15) is 4.79 Å². The molecule has 6 nitrogen and oxygen atoms in total. The van der Waals surface area contributed by atoms with E-state index in [4.69, 9.17) is 9.47 Å². The zero-order chi connectivity index (χ0) is 14.5. The summed E-state index contributed by atoms with van der Waals surface area (Å²) >= 11 is 1.57. The van der Waals surface area contributed by atoms with E-state index in [-0.39, 0.29) is 24.8 Å². The van der Waals surface area contributed by atoms with Gasteiger partial charge in [0.15, 0.2) is 0 Å². The SMILES string of the molecule is COC(COC(=O)NC1CCNC1)c1sc(C)nc1C. The molecule has 1 amide bonds. The molecule has 0 bridgehead atoms. The summed E-state index contributed by atoms with van der Waals surface area (Å²) in [4.78, 5) is 17.1. The summed E-state index contributed by atoms with van der Waals surface area (Å²) in [6.07, 6.45) is 0.295. The zero-order valence-electron chi connectivity index (χ0n) is 12.1. The molecule has 20 heavy (non-hydrogen) atoms. The lowest BCUT2D eigenvalue weighted by Crippen LogP contribution is -2.37. The van der Waals surface area contributed by atoms with Gasteiger partial charge in [-0.25, -0.2) is 9.78 Å². The first-order valence-electron chi connectivity index (χ1n) is 6.71. The van der Waals surface area contributed by atoms with Crippen molar-refractivity contribution in [3.05, 3.63) is 15.6 Å². The normalized spacial score (nSPS) is 19.9. The molecule has 0 aromatic carbocycles. The fraction of sp³-hybridized carbons (Fsp3) is 0.692. The molecule has 1 fully saturated rings. The molecule has 2 rings (SSSR count).